The van der Waals surface area contributed by atoms with Crippen molar-refractivity contribution in [2.45, 2.75) is 12.8 Å². The Balaban J connectivity index is 2.41. The first-order valence-corrected chi connectivity index (χ1v) is 3.52. The van der Waals surface area contributed by atoms with E-state index in [0.717, 1.165) is 24.1 Å². The van der Waals surface area contributed by atoms with Crippen LogP contribution >= 0.6 is 0 Å². The Bertz CT molecular complexity index is 206. The van der Waals surface area contributed by atoms with Crippen LogP contribution in [0.15, 0.2) is 23.4 Å². The molecule has 0 spiro atoms. The lowest BCUT2D eigenvalue weighted by Crippen LogP contribution is -2.05. The molecule has 2 N–H and O–H groups in total. The molecule has 60 valence electrons. The predicted octanol–water partition coefficient (Wildman–Crippen LogP) is 0.722. The van der Waals surface area contributed by atoms with Crippen molar-refractivity contribution in [2.24, 2.45) is 5.73 Å². The first kappa shape index (κ1) is 7.85. The van der Waals surface area contributed by atoms with Crippen molar-refractivity contribution in [3.63, 3.8) is 0 Å². The van der Waals surface area contributed by atoms with Crippen molar-refractivity contribution < 1.29 is 9.53 Å². The molecule has 1 aliphatic carbocycles. The van der Waals surface area contributed by atoms with Gasteiger partial charge in [-0.2, -0.15) is 0 Å². The largest absolute Gasteiger partial charge is 0.463 e. The molecular weight excluding hydrogens is 142 g/mol. The van der Waals surface area contributed by atoms with Gasteiger partial charge in [0.05, 0.1) is 0 Å². The fourth-order valence-corrected chi connectivity index (χ4v) is 0.958. The topological polar surface area (TPSA) is 52.3 Å². The number of ether oxygens (including phenoxy) is 1. The second-order valence-corrected chi connectivity index (χ2v) is 2.47. The summed E-state index contributed by atoms with van der Waals surface area (Å²) in [5.41, 5.74) is 7.54. The number of hydrogen-bond acceptors (Lipinski definition) is 3. The van der Waals surface area contributed by atoms with E-state index < -0.39 is 0 Å². The Hall–Kier alpha value is -1.25. The van der Waals surface area contributed by atoms with E-state index >= 15 is 0 Å². The molecule has 0 fully saturated rings. The lowest BCUT2D eigenvalue weighted by molar-refractivity contribution is -0.127. The normalized spacial score (nSPS) is 16.7. The monoisotopic (exact) mass is 153 g/mol. The van der Waals surface area contributed by atoms with Crippen LogP contribution in [0.25, 0.3) is 0 Å². The van der Waals surface area contributed by atoms with Crippen LogP contribution in [-0.4, -0.2) is 13.1 Å². The van der Waals surface area contributed by atoms with E-state index in [1.807, 2.05) is 12.2 Å². The maximum Gasteiger partial charge on any atom is 0.293 e. The minimum absolute atomic E-state index is 0.396. The van der Waals surface area contributed by atoms with Crippen LogP contribution in [0.3, 0.4) is 0 Å². The molecule has 0 heterocycles. The molecule has 3 heteroatoms. The second-order valence-electron chi connectivity index (χ2n) is 2.47. The number of rotatable bonds is 3. The Morgan fingerprint density at radius 3 is 2.91 bits per heavy atom. The molecule has 1 aliphatic rings. The molecule has 0 radical (unpaired) electrons. The maximum atomic E-state index is 9.82. The van der Waals surface area contributed by atoms with Gasteiger partial charge in [-0.3, -0.25) is 4.79 Å². The number of allylic oxidation sites excluding steroid dienone is 3. The molecule has 11 heavy (non-hydrogen) atoms. The molecule has 0 saturated carbocycles. The van der Waals surface area contributed by atoms with Crippen molar-refractivity contribution in [3.05, 3.63) is 23.4 Å². The van der Waals surface area contributed by atoms with Crippen molar-refractivity contribution >= 4 is 6.47 Å². The fraction of sp³-hybridized carbons (Fsp3) is 0.375. The van der Waals surface area contributed by atoms with Gasteiger partial charge in [-0.05, 0) is 24.5 Å². The second kappa shape index (κ2) is 3.81. The first-order valence-electron chi connectivity index (χ1n) is 3.52. The summed E-state index contributed by atoms with van der Waals surface area (Å²) in [4.78, 5) is 9.82. The van der Waals surface area contributed by atoms with E-state index in [4.69, 9.17) is 5.73 Å². The van der Waals surface area contributed by atoms with Gasteiger partial charge in [0.25, 0.3) is 6.47 Å². The molecule has 0 amide bonds. The van der Waals surface area contributed by atoms with Gasteiger partial charge in [-0.15, -0.1) is 0 Å². The van der Waals surface area contributed by atoms with E-state index in [9.17, 15) is 4.79 Å². The number of carbonyl (C=O) groups is 1. The van der Waals surface area contributed by atoms with E-state index in [-0.39, 0.29) is 0 Å². The Kier molecular flexibility index (Phi) is 2.72. The average molecular weight is 153 g/mol. The number of nitrogens with two attached hydrogens (primary N) is 1. The first-order chi connectivity index (χ1) is 5.33. The minimum atomic E-state index is 0.396. The van der Waals surface area contributed by atoms with Gasteiger partial charge >= 0.3 is 0 Å². The summed E-state index contributed by atoms with van der Waals surface area (Å²) in [6.07, 6.45) is 5.53. The zero-order valence-corrected chi connectivity index (χ0v) is 6.25. The SMILES string of the molecule is NC1=CC=C(COC=O)CC1. The van der Waals surface area contributed by atoms with Crippen molar-refractivity contribution in [1.82, 2.24) is 0 Å². The fourth-order valence-electron chi connectivity index (χ4n) is 0.958. The van der Waals surface area contributed by atoms with Crippen LogP contribution in [0, 0.1) is 0 Å². The van der Waals surface area contributed by atoms with Gasteiger partial charge in [-0.25, -0.2) is 0 Å². The third-order valence-corrected chi connectivity index (χ3v) is 1.60. The lowest BCUT2D eigenvalue weighted by atomic mass is 10.0. The Morgan fingerprint density at radius 2 is 2.36 bits per heavy atom. The van der Waals surface area contributed by atoms with Crippen molar-refractivity contribution in [3.8, 4) is 0 Å². The number of hydrogen-bond donors (Lipinski definition) is 1. The molecule has 0 aromatic heterocycles. The third-order valence-electron chi connectivity index (χ3n) is 1.60. The Morgan fingerprint density at radius 1 is 1.55 bits per heavy atom. The van der Waals surface area contributed by atoms with E-state index in [2.05, 4.69) is 4.74 Å². The van der Waals surface area contributed by atoms with E-state index in [1.54, 1.807) is 0 Å². The molecular formula is C8H11NO2. The summed E-state index contributed by atoms with van der Waals surface area (Å²) in [6.45, 7) is 0.857. The Labute approximate surface area is 65.5 Å². The van der Waals surface area contributed by atoms with E-state index in [1.165, 1.54) is 0 Å². The van der Waals surface area contributed by atoms with Crippen molar-refractivity contribution in [1.29, 1.82) is 0 Å². The van der Waals surface area contributed by atoms with Gasteiger partial charge in [0.1, 0.15) is 6.61 Å². The predicted molar refractivity (Wildman–Crippen MR) is 41.6 cm³/mol. The average Bonchev–Trinajstić information content (AvgIpc) is 2.04. The molecule has 0 saturated heterocycles. The van der Waals surface area contributed by atoms with Crippen LogP contribution in [0.1, 0.15) is 12.8 Å². The minimum Gasteiger partial charge on any atom is -0.463 e. The van der Waals surface area contributed by atoms with Crippen molar-refractivity contribution in [2.75, 3.05) is 6.61 Å². The lowest BCUT2D eigenvalue weighted by Gasteiger charge is -2.09. The molecule has 0 bridgehead atoms. The molecule has 0 atom stereocenters. The summed E-state index contributed by atoms with van der Waals surface area (Å²) in [5, 5.41) is 0. The number of carbonyl (C=O) groups excluding carboxylic acids is 1. The van der Waals surface area contributed by atoms with E-state index in [0.29, 0.717) is 13.1 Å². The van der Waals surface area contributed by atoms with Crippen LogP contribution in [0.4, 0.5) is 0 Å². The standard InChI is InChI=1S/C8H11NO2/c9-8-3-1-7(2-4-8)5-11-6-10/h1,3,6H,2,4-5,9H2. The van der Waals surface area contributed by atoms with Crippen LogP contribution < -0.4 is 5.73 Å². The summed E-state index contributed by atoms with van der Waals surface area (Å²) in [6, 6.07) is 0. The third kappa shape index (κ3) is 2.45. The molecule has 3 nitrogen and oxygen atoms in total. The quantitative estimate of drug-likeness (QED) is 0.608. The maximum absolute atomic E-state index is 9.82. The highest BCUT2D eigenvalue weighted by Crippen LogP contribution is 2.14. The summed E-state index contributed by atoms with van der Waals surface area (Å²) >= 11 is 0. The van der Waals surface area contributed by atoms with Crippen LogP contribution in [0.2, 0.25) is 0 Å². The molecule has 0 aliphatic heterocycles. The summed E-state index contributed by atoms with van der Waals surface area (Å²) in [7, 11) is 0. The molecule has 0 unspecified atom stereocenters. The van der Waals surface area contributed by atoms with Gasteiger partial charge in [0.2, 0.25) is 0 Å². The zero-order valence-electron chi connectivity index (χ0n) is 6.25. The highest BCUT2D eigenvalue weighted by atomic mass is 16.5. The van der Waals surface area contributed by atoms with Crippen LogP contribution in [0.5, 0.6) is 0 Å². The highest BCUT2D eigenvalue weighted by Gasteiger charge is 2.02. The molecule has 1 rings (SSSR count). The summed E-state index contributed by atoms with van der Waals surface area (Å²) < 4.78 is 4.59. The van der Waals surface area contributed by atoms with Gasteiger partial charge in [0.15, 0.2) is 0 Å². The molecule has 0 aromatic rings. The zero-order chi connectivity index (χ0) is 8.10. The van der Waals surface area contributed by atoms with Crippen LogP contribution in [-0.2, 0) is 9.53 Å². The van der Waals surface area contributed by atoms with Gasteiger partial charge in [0, 0.05) is 5.70 Å². The highest BCUT2D eigenvalue weighted by molar-refractivity contribution is 5.38. The van der Waals surface area contributed by atoms with Gasteiger partial charge < -0.3 is 10.5 Å². The smallest absolute Gasteiger partial charge is 0.293 e. The molecule has 0 aromatic carbocycles. The van der Waals surface area contributed by atoms with Gasteiger partial charge in [-0.1, -0.05) is 6.08 Å². The summed E-state index contributed by atoms with van der Waals surface area (Å²) in [5.74, 6) is 0.